The summed E-state index contributed by atoms with van der Waals surface area (Å²) in [5.41, 5.74) is 1.75. The Morgan fingerprint density at radius 3 is 2.23 bits per heavy atom. The van der Waals surface area contributed by atoms with Gasteiger partial charge < -0.3 is 9.47 Å². The fraction of sp³-hybridized carbons (Fsp3) is 0. The van der Waals surface area contributed by atoms with E-state index >= 15 is 0 Å². The molecule has 26 heavy (non-hydrogen) atoms. The molecule has 0 amide bonds. The van der Waals surface area contributed by atoms with Gasteiger partial charge in [-0.2, -0.15) is 0 Å². The fourth-order valence-electron chi connectivity index (χ4n) is 3.25. The van der Waals surface area contributed by atoms with E-state index in [1.54, 1.807) is 30.7 Å². The lowest BCUT2D eigenvalue weighted by Gasteiger charge is -2.14. The minimum absolute atomic E-state index is 0.440. The van der Waals surface area contributed by atoms with Crippen molar-refractivity contribution in [2.45, 2.75) is 0 Å². The predicted octanol–water partition coefficient (Wildman–Crippen LogP) is 5.38. The highest BCUT2D eigenvalue weighted by atomic mass is 16.5. The summed E-state index contributed by atoms with van der Waals surface area (Å²) in [6.07, 6.45) is 3.46. The van der Waals surface area contributed by atoms with Crippen LogP contribution in [0.5, 0.6) is 11.5 Å². The summed E-state index contributed by atoms with van der Waals surface area (Å²) in [6.45, 7) is 0. The van der Waals surface area contributed by atoms with Gasteiger partial charge in [-0.05, 0) is 45.3 Å². The quantitative estimate of drug-likeness (QED) is 0.471. The Bertz CT molecular complexity index is 1210. The average molecular weight is 336 g/mol. The molecule has 0 fully saturated rings. The summed E-state index contributed by atoms with van der Waals surface area (Å²) in [7, 11) is 0. The van der Waals surface area contributed by atoms with E-state index in [0.29, 0.717) is 11.5 Å². The Balaban J connectivity index is 2.11. The molecule has 0 unspecified atom stereocenters. The van der Waals surface area contributed by atoms with Crippen LogP contribution in [0.4, 0.5) is 0 Å². The molecule has 0 heterocycles. The Kier molecular flexibility index (Phi) is 3.86. The molecule has 4 aromatic carbocycles. The summed E-state index contributed by atoms with van der Waals surface area (Å²) in [6, 6.07) is 23.1. The second-order valence-corrected chi connectivity index (χ2v) is 5.74. The van der Waals surface area contributed by atoms with Gasteiger partial charge in [-0.15, -0.1) is 10.5 Å². The first kappa shape index (κ1) is 15.5. The minimum Gasteiger partial charge on any atom is -0.388 e. The molecule has 0 aliphatic heterocycles. The van der Waals surface area contributed by atoms with Gasteiger partial charge in [-0.3, -0.25) is 0 Å². The van der Waals surface area contributed by atoms with Crippen molar-refractivity contribution in [3.05, 3.63) is 72.8 Å². The number of ether oxygens (including phenoxy) is 2. The zero-order valence-electron chi connectivity index (χ0n) is 13.6. The van der Waals surface area contributed by atoms with Crippen LogP contribution in [0.2, 0.25) is 0 Å². The van der Waals surface area contributed by atoms with E-state index in [9.17, 15) is 0 Å². The van der Waals surface area contributed by atoms with Crippen molar-refractivity contribution >= 4 is 21.5 Å². The van der Waals surface area contributed by atoms with Crippen molar-refractivity contribution in [3.63, 3.8) is 0 Å². The highest BCUT2D eigenvalue weighted by molar-refractivity contribution is 6.08. The van der Waals surface area contributed by atoms with Gasteiger partial charge in [-0.25, -0.2) is 0 Å². The first-order valence-corrected chi connectivity index (χ1v) is 7.98. The molecule has 0 radical (unpaired) electrons. The van der Waals surface area contributed by atoms with Crippen LogP contribution in [-0.2, 0) is 0 Å². The van der Waals surface area contributed by atoms with Gasteiger partial charge in [0.25, 0.3) is 12.5 Å². The number of nitriles is 2. The van der Waals surface area contributed by atoms with Gasteiger partial charge in [0.15, 0.2) is 5.75 Å². The fourth-order valence-corrected chi connectivity index (χ4v) is 3.25. The van der Waals surface area contributed by atoms with Crippen LogP contribution in [-0.4, -0.2) is 0 Å². The maximum atomic E-state index is 9.08. The number of fused-ring (bicyclic) bond motifs is 2. The van der Waals surface area contributed by atoms with Crippen LogP contribution in [0.3, 0.4) is 0 Å². The number of nitrogens with zero attached hydrogens (tertiary/aromatic N) is 2. The van der Waals surface area contributed by atoms with E-state index in [0.717, 1.165) is 32.7 Å². The summed E-state index contributed by atoms with van der Waals surface area (Å²) in [5.74, 6) is 0.904. The lowest BCUT2D eigenvalue weighted by molar-refractivity contribution is 0.507. The molecule has 0 atom stereocenters. The van der Waals surface area contributed by atoms with E-state index in [4.69, 9.17) is 20.0 Å². The van der Waals surface area contributed by atoms with Crippen LogP contribution in [0.15, 0.2) is 72.8 Å². The van der Waals surface area contributed by atoms with Crippen LogP contribution in [0.1, 0.15) is 0 Å². The van der Waals surface area contributed by atoms with Crippen molar-refractivity contribution in [1.82, 2.24) is 0 Å². The van der Waals surface area contributed by atoms with Crippen LogP contribution >= 0.6 is 0 Å². The average Bonchev–Trinajstić information content (AvgIpc) is 2.68. The molecule has 4 heteroatoms. The Morgan fingerprint density at radius 1 is 0.654 bits per heavy atom. The smallest absolute Gasteiger partial charge is 0.292 e. The standard InChI is InChI=1S/C22H12N2O2/c23-13-25-17-10-8-16-9-11-21(26-14-24)22(20(16)12-17)19-7-3-5-15-4-1-2-6-18(15)19/h1-12H. The first-order valence-electron chi connectivity index (χ1n) is 7.98. The molecule has 0 aliphatic carbocycles. The molecular formula is C22H12N2O2. The van der Waals surface area contributed by atoms with E-state index < -0.39 is 0 Å². The van der Waals surface area contributed by atoms with Crippen molar-refractivity contribution in [2.75, 3.05) is 0 Å². The van der Waals surface area contributed by atoms with Crippen molar-refractivity contribution < 1.29 is 9.47 Å². The van der Waals surface area contributed by atoms with Gasteiger partial charge in [0.2, 0.25) is 0 Å². The number of benzene rings is 4. The zero-order chi connectivity index (χ0) is 17.9. The number of hydrogen-bond donors (Lipinski definition) is 0. The first-order chi connectivity index (χ1) is 12.8. The maximum Gasteiger partial charge on any atom is 0.292 e. The highest BCUT2D eigenvalue weighted by Crippen LogP contribution is 2.41. The lowest BCUT2D eigenvalue weighted by atomic mass is 9.93. The van der Waals surface area contributed by atoms with Gasteiger partial charge >= 0.3 is 0 Å². The monoisotopic (exact) mass is 336 g/mol. The highest BCUT2D eigenvalue weighted by Gasteiger charge is 2.15. The molecule has 0 N–H and O–H groups in total. The van der Waals surface area contributed by atoms with Crippen molar-refractivity contribution in [3.8, 4) is 35.1 Å². The molecule has 0 saturated heterocycles. The van der Waals surface area contributed by atoms with Gasteiger partial charge in [0.1, 0.15) is 5.75 Å². The molecule has 0 saturated carbocycles. The Morgan fingerprint density at radius 2 is 1.38 bits per heavy atom. The molecular weight excluding hydrogens is 324 g/mol. The molecule has 0 spiro atoms. The van der Waals surface area contributed by atoms with E-state index in [1.807, 2.05) is 54.6 Å². The number of hydrogen-bond acceptors (Lipinski definition) is 4. The van der Waals surface area contributed by atoms with Crippen molar-refractivity contribution in [2.24, 2.45) is 0 Å². The van der Waals surface area contributed by atoms with Gasteiger partial charge in [-0.1, -0.05) is 54.6 Å². The third-order valence-corrected chi connectivity index (χ3v) is 4.33. The molecule has 4 aromatic rings. The van der Waals surface area contributed by atoms with Crippen LogP contribution in [0, 0.1) is 23.0 Å². The molecule has 0 aromatic heterocycles. The predicted molar refractivity (Wildman–Crippen MR) is 99.4 cm³/mol. The topological polar surface area (TPSA) is 66.0 Å². The molecule has 0 bridgehead atoms. The molecule has 4 rings (SSSR count). The Hall–Kier alpha value is -4.02. The third-order valence-electron chi connectivity index (χ3n) is 4.33. The van der Waals surface area contributed by atoms with E-state index in [2.05, 4.69) is 0 Å². The second-order valence-electron chi connectivity index (χ2n) is 5.74. The Labute approximate surface area is 150 Å². The lowest BCUT2D eigenvalue weighted by Crippen LogP contribution is -1.91. The normalized spacial score (nSPS) is 10.2. The summed E-state index contributed by atoms with van der Waals surface area (Å²) in [5, 5.41) is 21.8. The second kappa shape index (κ2) is 6.47. The summed E-state index contributed by atoms with van der Waals surface area (Å²) >= 11 is 0. The summed E-state index contributed by atoms with van der Waals surface area (Å²) < 4.78 is 10.2. The number of rotatable bonds is 3. The molecule has 122 valence electrons. The van der Waals surface area contributed by atoms with Gasteiger partial charge in [0.05, 0.1) is 0 Å². The molecule has 0 aliphatic rings. The van der Waals surface area contributed by atoms with Crippen molar-refractivity contribution in [1.29, 1.82) is 10.5 Å². The zero-order valence-corrected chi connectivity index (χ0v) is 13.6. The molecule has 4 nitrogen and oxygen atoms in total. The largest absolute Gasteiger partial charge is 0.388 e. The van der Waals surface area contributed by atoms with Crippen LogP contribution < -0.4 is 9.47 Å². The van der Waals surface area contributed by atoms with E-state index in [-0.39, 0.29) is 0 Å². The third kappa shape index (κ3) is 2.56. The van der Waals surface area contributed by atoms with Gasteiger partial charge in [0, 0.05) is 5.56 Å². The van der Waals surface area contributed by atoms with E-state index in [1.165, 1.54) is 0 Å². The van der Waals surface area contributed by atoms with Crippen LogP contribution in [0.25, 0.3) is 32.7 Å². The SMILES string of the molecule is N#COc1ccc2ccc(OC#N)c(-c3cccc4ccccc34)c2c1. The summed E-state index contributed by atoms with van der Waals surface area (Å²) in [4.78, 5) is 0. The minimum atomic E-state index is 0.440. The maximum absolute atomic E-state index is 9.08.